The number of hydrogen-bond acceptors (Lipinski definition) is 3. The highest BCUT2D eigenvalue weighted by molar-refractivity contribution is 7.89. The maximum Gasteiger partial charge on any atom is 0.243 e. The SMILES string of the molecule is CCNc1ccc(S(=O)(=O)N2CCCC2C(C)C)cc1. The summed E-state index contributed by atoms with van der Waals surface area (Å²) >= 11 is 0. The predicted octanol–water partition coefficient (Wildman–Crippen LogP) is 2.93. The van der Waals surface area contributed by atoms with Crippen molar-refractivity contribution in [3.05, 3.63) is 24.3 Å². The molecule has 1 N–H and O–H groups in total. The topological polar surface area (TPSA) is 49.4 Å². The molecule has 0 aromatic heterocycles. The van der Waals surface area contributed by atoms with Crippen molar-refractivity contribution < 1.29 is 8.42 Å². The molecule has 1 aromatic carbocycles. The quantitative estimate of drug-likeness (QED) is 0.909. The number of benzene rings is 1. The first-order valence-corrected chi connectivity index (χ1v) is 8.76. The summed E-state index contributed by atoms with van der Waals surface area (Å²) in [7, 11) is -3.36. The first-order chi connectivity index (χ1) is 9.46. The monoisotopic (exact) mass is 296 g/mol. The highest BCUT2D eigenvalue weighted by Gasteiger charge is 2.36. The molecule has 0 spiro atoms. The Balaban J connectivity index is 2.25. The Labute approximate surface area is 122 Å². The normalized spacial score (nSPS) is 20.5. The summed E-state index contributed by atoms with van der Waals surface area (Å²) in [6, 6.07) is 7.19. The van der Waals surface area contributed by atoms with Gasteiger partial charge in [-0.2, -0.15) is 4.31 Å². The van der Waals surface area contributed by atoms with Gasteiger partial charge in [0.15, 0.2) is 0 Å². The first kappa shape index (κ1) is 15.3. The number of nitrogens with one attached hydrogen (secondary N) is 1. The van der Waals surface area contributed by atoms with Crippen molar-refractivity contribution in [3.63, 3.8) is 0 Å². The van der Waals surface area contributed by atoms with Gasteiger partial charge >= 0.3 is 0 Å². The van der Waals surface area contributed by atoms with Crippen LogP contribution in [0.25, 0.3) is 0 Å². The molecule has 1 atom stereocenters. The van der Waals surface area contributed by atoms with Crippen LogP contribution in [0.1, 0.15) is 33.6 Å². The molecule has 112 valence electrons. The fourth-order valence-corrected chi connectivity index (χ4v) is 4.64. The van der Waals surface area contributed by atoms with E-state index < -0.39 is 10.0 Å². The van der Waals surface area contributed by atoms with Crippen molar-refractivity contribution in [3.8, 4) is 0 Å². The van der Waals surface area contributed by atoms with Gasteiger partial charge in [0, 0.05) is 24.8 Å². The summed E-state index contributed by atoms with van der Waals surface area (Å²) in [5, 5.41) is 3.17. The van der Waals surface area contributed by atoms with Gasteiger partial charge in [-0.1, -0.05) is 13.8 Å². The highest BCUT2D eigenvalue weighted by Crippen LogP contribution is 2.30. The summed E-state index contributed by atoms with van der Waals surface area (Å²) in [4.78, 5) is 0.395. The van der Waals surface area contributed by atoms with Crippen LogP contribution >= 0.6 is 0 Å². The third kappa shape index (κ3) is 2.99. The highest BCUT2D eigenvalue weighted by atomic mass is 32.2. The molecule has 4 nitrogen and oxygen atoms in total. The Morgan fingerprint density at radius 1 is 1.30 bits per heavy atom. The maximum atomic E-state index is 12.7. The largest absolute Gasteiger partial charge is 0.385 e. The van der Waals surface area contributed by atoms with Crippen LogP contribution in [0.5, 0.6) is 0 Å². The fraction of sp³-hybridized carbons (Fsp3) is 0.600. The molecule has 0 aliphatic carbocycles. The van der Waals surface area contributed by atoms with Gasteiger partial charge in [0.1, 0.15) is 0 Å². The molecule has 0 radical (unpaired) electrons. The molecular weight excluding hydrogens is 272 g/mol. The average molecular weight is 296 g/mol. The van der Waals surface area contributed by atoms with Crippen molar-refractivity contribution in [2.75, 3.05) is 18.4 Å². The van der Waals surface area contributed by atoms with Gasteiger partial charge in [-0.15, -0.1) is 0 Å². The molecule has 1 aromatic rings. The van der Waals surface area contributed by atoms with Gasteiger partial charge in [0.05, 0.1) is 4.90 Å². The van der Waals surface area contributed by atoms with Crippen LogP contribution in [0.3, 0.4) is 0 Å². The van der Waals surface area contributed by atoms with E-state index in [2.05, 4.69) is 19.2 Å². The lowest BCUT2D eigenvalue weighted by Crippen LogP contribution is -2.38. The molecule has 1 heterocycles. The lowest BCUT2D eigenvalue weighted by Gasteiger charge is -2.27. The van der Waals surface area contributed by atoms with Gasteiger partial charge in [0.25, 0.3) is 0 Å². The summed E-state index contributed by atoms with van der Waals surface area (Å²) < 4.78 is 27.1. The summed E-state index contributed by atoms with van der Waals surface area (Å²) in [5.41, 5.74) is 0.952. The molecule has 1 aliphatic rings. The molecule has 1 unspecified atom stereocenters. The van der Waals surface area contributed by atoms with E-state index in [1.54, 1.807) is 16.4 Å². The molecule has 2 rings (SSSR count). The maximum absolute atomic E-state index is 12.7. The number of nitrogens with zero attached hydrogens (tertiary/aromatic N) is 1. The minimum atomic E-state index is -3.36. The van der Waals surface area contributed by atoms with Gasteiger partial charge in [-0.05, 0) is 49.9 Å². The Morgan fingerprint density at radius 3 is 2.50 bits per heavy atom. The molecule has 0 bridgehead atoms. The minimum absolute atomic E-state index is 0.133. The molecular formula is C15H24N2O2S. The zero-order valence-corrected chi connectivity index (χ0v) is 13.3. The van der Waals surface area contributed by atoms with Crippen molar-refractivity contribution in [2.45, 2.75) is 44.6 Å². The van der Waals surface area contributed by atoms with E-state index in [0.29, 0.717) is 17.4 Å². The number of rotatable bonds is 5. The van der Waals surface area contributed by atoms with Gasteiger partial charge < -0.3 is 5.32 Å². The van der Waals surface area contributed by atoms with Crippen LogP contribution in [0, 0.1) is 5.92 Å². The molecule has 20 heavy (non-hydrogen) atoms. The van der Waals surface area contributed by atoms with E-state index in [0.717, 1.165) is 25.1 Å². The second kappa shape index (κ2) is 6.14. The molecule has 1 fully saturated rings. The molecule has 0 saturated carbocycles. The van der Waals surface area contributed by atoms with E-state index in [-0.39, 0.29) is 6.04 Å². The van der Waals surface area contributed by atoms with Crippen LogP contribution in [-0.4, -0.2) is 31.9 Å². The number of anilines is 1. The standard InChI is InChI=1S/C15H24N2O2S/c1-4-16-13-7-9-14(10-8-13)20(18,19)17-11-5-6-15(17)12(2)3/h7-10,12,15-16H,4-6,11H2,1-3H3. The Bertz CT molecular complexity index is 537. The summed E-state index contributed by atoms with van der Waals surface area (Å²) in [6.07, 6.45) is 1.92. The van der Waals surface area contributed by atoms with E-state index in [9.17, 15) is 8.42 Å². The zero-order chi connectivity index (χ0) is 14.8. The lowest BCUT2D eigenvalue weighted by molar-refractivity contribution is 0.316. The number of sulfonamides is 1. The lowest BCUT2D eigenvalue weighted by atomic mass is 10.0. The molecule has 5 heteroatoms. The molecule has 0 amide bonds. The second-order valence-electron chi connectivity index (χ2n) is 5.62. The minimum Gasteiger partial charge on any atom is -0.385 e. The van der Waals surface area contributed by atoms with Crippen molar-refractivity contribution in [1.29, 1.82) is 0 Å². The van der Waals surface area contributed by atoms with Crippen molar-refractivity contribution in [2.24, 2.45) is 5.92 Å². The first-order valence-electron chi connectivity index (χ1n) is 7.32. The van der Waals surface area contributed by atoms with Crippen LogP contribution in [0.4, 0.5) is 5.69 Å². The Morgan fingerprint density at radius 2 is 1.95 bits per heavy atom. The average Bonchev–Trinajstić information content (AvgIpc) is 2.90. The van der Waals surface area contributed by atoms with E-state index in [1.165, 1.54) is 0 Å². The molecule has 1 aliphatic heterocycles. The van der Waals surface area contributed by atoms with Crippen molar-refractivity contribution in [1.82, 2.24) is 4.31 Å². The predicted molar refractivity (Wildman–Crippen MR) is 82.4 cm³/mol. The molecule has 1 saturated heterocycles. The summed E-state index contributed by atoms with van der Waals surface area (Å²) in [5.74, 6) is 0.355. The van der Waals surface area contributed by atoms with Gasteiger partial charge in [-0.3, -0.25) is 0 Å². The van der Waals surface area contributed by atoms with Crippen LogP contribution in [0.15, 0.2) is 29.2 Å². The van der Waals surface area contributed by atoms with Gasteiger partial charge in [-0.25, -0.2) is 8.42 Å². The van der Waals surface area contributed by atoms with E-state index in [1.807, 2.05) is 19.1 Å². The second-order valence-corrected chi connectivity index (χ2v) is 7.51. The Kier molecular flexibility index (Phi) is 4.70. The third-order valence-electron chi connectivity index (χ3n) is 3.86. The van der Waals surface area contributed by atoms with E-state index >= 15 is 0 Å². The Hall–Kier alpha value is -1.07. The van der Waals surface area contributed by atoms with Crippen LogP contribution in [-0.2, 0) is 10.0 Å². The fourth-order valence-electron chi connectivity index (χ4n) is 2.81. The van der Waals surface area contributed by atoms with Crippen LogP contribution in [0.2, 0.25) is 0 Å². The van der Waals surface area contributed by atoms with Gasteiger partial charge in [0.2, 0.25) is 10.0 Å². The van der Waals surface area contributed by atoms with E-state index in [4.69, 9.17) is 0 Å². The third-order valence-corrected chi connectivity index (χ3v) is 5.80. The zero-order valence-electron chi connectivity index (χ0n) is 12.5. The van der Waals surface area contributed by atoms with Crippen LogP contribution < -0.4 is 5.32 Å². The van der Waals surface area contributed by atoms with Crippen molar-refractivity contribution >= 4 is 15.7 Å². The summed E-state index contributed by atoms with van der Waals surface area (Å²) in [6.45, 7) is 7.66. The number of hydrogen-bond donors (Lipinski definition) is 1. The smallest absolute Gasteiger partial charge is 0.243 e.